The third kappa shape index (κ3) is 18.3. The molecule has 3 aliphatic carbocycles. The molecule has 24 atom stereocenters. The van der Waals surface area contributed by atoms with Crippen molar-refractivity contribution in [2.75, 3.05) is 19.8 Å². The van der Waals surface area contributed by atoms with Crippen molar-refractivity contribution >= 4 is 35.1 Å². The van der Waals surface area contributed by atoms with Crippen LogP contribution in [0.15, 0.2) is 72.3 Å². The number of ether oxygens (including phenoxy) is 8. The van der Waals surface area contributed by atoms with Gasteiger partial charge in [0, 0.05) is 42.6 Å². The van der Waals surface area contributed by atoms with E-state index < -0.39 is 194 Å². The maximum atomic E-state index is 14.4. The van der Waals surface area contributed by atoms with Gasteiger partial charge in [-0.1, -0.05) is 80.1 Å². The number of carbonyl (C=O) groups excluding carboxylic acids is 3. The third-order valence-electron chi connectivity index (χ3n) is 20.2. The van der Waals surface area contributed by atoms with Crippen LogP contribution in [0.5, 0.6) is 0 Å². The average molecular weight is 1430 g/mol. The summed E-state index contributed by atoms with van der Waals surface area (Å²) >= 11 is 0. The van der Waals surface area contributed by atoms with Gasteiger partial charge in [0.1, 0.15) is 90.4 Å². The van der Waals surface area contributed by atoms with Gasteiger partial charge in [-0.2, -0.15) is 4.91 Å². The van der Waals surface area contributed by atoms with Crippen molar-refractivity contribution in [2.24, 2.45) is 40.3 Å². The Kier molecular flexibility index (Phi) is 25.8. The molecule has 4 saturated heterocycles. The Morgan fingerprint density at radius 2 is 1.53 bits per heavy atom. The van der Waals surface area contributed by atoms with Gasteiger partial charge in [0.15, 0.2) is 30.8 Å². The number of aliphatic hydroxyl groups is 7. The number of nitroso groups, excluding NO2 is 1. The molecule has 7 fully saturated rings. The molecule has 558 valence electrons. The molecule has 2 aromatic carbocycles. The molecule has 0 radical (unpaired) electrons. The summed E-state index contributed by atoms with van der Waals surface area (Å²) < 4.78 is 80.1. The third-order valence-corrected chi connectivity index (χ3v) is 20.2. The van der Waals surface area contributed by atoms with Crippen LogP contribution in [-0.2, 0) is 70.2 Å². The van der Waals surface area contributed by atoms with Gasteiger partial charge in [0.25, 0.3) is 0 Å². The Morgan fingerprint density at radius 1 is 0.851 bits per heavy atom. The summed E-state index contributed by atoms with van der Waals surface area (Å²) in [5.74, 6) is -8.48. The Balaban J connectivity index is 0.813. The van der Waals surface area contributed by atoms with Gasteiger partial charge in [-0.15, -0.1) is 5.10 Å². The first-order chi connectivity index (χ1) is 48.3. The van der Waals surface area contributed by atoms with Gasteiger partial charge in [-0.05, 0) is 75.1 Å². The molecule has 33 nitrogen and oxygen atoms in total. The SMILES string of the molecule is CC[C@@H]1CC(C(=O)NCCn2cc(CNC(=O)C3CC(N/C=C(\N)c4cccc(F)c4)C(O)[C@@H](O[C@H]4OC(CO)[C@@H](N=O)[C@@H](N(O)/C=C(\N)c5cccc(F)c5)C4O)C3)nn2)C[C@@H]2O[C@@H]3OC(CO[C@@]4(C)OC(OC12)[C@@H](O)C(O)C4O)[C@H](O)C(O[C@H](CC1CCCCC1)C(=O)O)C3NC(C)=O. The molecule has 13 unspecified atom stereocenters. The van der Waals surface area contributed by atoms with Gasteiger partial charge in [-0.25, -0.2) is 13.6 Å². The molecule has 1 aromatic heterocycles. The van der Waals surface area contributed by atoms with E-state index in [-0.39, 0.29) is 80.3 Å². The summed E-state index contributed by atoms with van der Waals surface area (Å²) in [6, 6.07) is 4.71. The lowest BCUT2D eigenvalue weighted by Gasteiger charge is -2.52. The number of carboxylic acids is 1. The molecule has 5 heterocycles. The first-order valence-corrected chi connectivity index (χ1v) is 34.1. The fourth-order valence-electron chi connectivity index (χ4n) is 14.7. The summed E-state index contributed by atoms with van der Waals surface area (Å²) in [5, 5.41) is 125. The molecule has 17 N–H and O–H groups in total. The number of hydrogen-bond acceptors (Lipinski definition) is 28. The topological polar surface area (TPSA) is 488 Å². The number of fused-ring (bicyclic) bond motifs is 5. The molecule has 3 amide bonds. The van der Waals surface area contributed by atoms with Gasteiger partial charge in [0.05, 0.1) is 74.4 Å². The van der Waals surface area contributed by atoms with Gasteiger partial charge in [0.2, 0.25) is 17.7 Å². The van der Waals surface area contributed by atoms with E-state index in [2.05, 4.69) is 36.8 Å². The first-order valence-electron chi connectivity index (χ1n) is 34.1. The number of carbonyl (C=O) groups is 4. The highest BCUT2D eigenvalue weighted by Gasteiger charge is 2.58. The van der Waals surface area contributed by atoms with Crippen LogP contribution in [0.25, 0.3) is 11.4 Å². The smallest absolute Gasteiger partial charge is 0.332 e. The number of aromatic nitrogens is 3. The fourth-order valence-corrected chi connectivity index (χ4v) is 14.7. The lowest BCUT2D eigenvalue weighted by Crippen LogP contribution is -2.70. The van der Waals surface area contributed by atoms with Gasteiger partial charge >= 0.3 is 5.97 Å². The van der Waals surface area contributed by atoms with E-state index in [1.165, 1.54) is 67.3 Å². The van der Waals surface area contributed by atoms with Crippen molar-refractivity contribution in [1.82, 2.24) is 41.3 Å². The number of nitrogens with two attached hydrogens (primary N) is 2. The number of rotatable bonds is 24. The van der Waals surface area contributed by atoms with Crippen LogP contribution >= 0.6 is 0 Å². The van der Waals surface area contributed by atoms with E-state index in [1.54, 1.807) is 6.07 Å². The van der Waals surface area contributed by atoms with Crippen LogP contribution in [0, 0.1) is 40.2 Å². The molecule has 35 heteroatoms. The number of halogens is 2. The van der Waals surface area contributed by atoms with Crippen LogP contribution in [-0.4, -0.2) is 238 Å². The second-order valence-corrected chi connectivity index (χ2v) is 27.3. The molecule has 3 saturated carbocycles. The Hall–Kier alpha value is -7.04. The number of nitrogens with one attached hydrogen (secondary N) is 4. The monoisotopic (exact) mass is 1430 g/mol. The van der Waals surface area contributed by atoms with Crippen LogP contribution in [0.1, 0.15) is 108 Å². The van der Waals surface area contributed by atoms with Crippen LogP contribution in [0.4, 0.5) is 8.78 Å². The number of aliphatic carboxylic acids is 1. The van der Waals surface area contributed by atoms with E-state index in [1.807, 2.05) is 6.92 Å². The molecule has 10 rings (SSSR count). The number of amides is 3. The number of aliphatic hydroxyl groups excluding tert-OH is 7. The quantitative estimate of drug-likeness (QED) is 0.0393. The summed E-state index contributed by atoms with van der Waals surface area (Å²) in [6.45, 7) is 2.82. The Bertz CT molecular complexity index is 3380. The van der Waals surface area contributed by atoms with Crippen LogP contribution < -0.4 is 32.7 Å². The van der Waals surface area contributed by atoms with Gasteiger partial charge < -0.3 is 111 Å². The number of benzene rings is 2. The van der Waals surface area contributed by atoms with Crippen molar-refractivity contribution < 1.29 is 112 Å². The van der Waals surface area contributed by atoms with Crippen molar-refractivity contribution in [1.29, 1.82) is 0 Å². The maximum absolute atomic E-state index is 14.4. The van der Waals surface area contributed by atoms with Crippen LogP contribution in [0.3, 0.4) is 0 Å². The number of hydrogen-bond donors (Lipinski definition) is 15. The van der Waals surface area contributed by atoms with E-state index in [0.717, 1.165) is 44.4 Å². The Labute approximate surface area is 579 Å². The standard InChI is InChI=1S/C66H93F2N11O22/c1-4-33-19-36(24-45-57(33)100-65-56(86)55(85)59(87)66(3,101-65)94-30-48-53(83)58(50(74-31(2)81)63(97-45)99-48)95-46(62(90)91)18-32-10-6-5-7-11-32)60(88)71-16-17-78-27-40(75-77-78)25-73-61(89)37-22-43(72-26-41(69)34-12-8-14-38(67)20-34)52(82)44(23-37)96-64-54(84)51(49(76-92)47(29-80)98-64)79(93)28-42(70)35-13-9-15-39(68)21-35/h8-9,12-15,20-21,26-28,32-33,36-37,43-59,63-65,72,80,82-87,93H,4-7,10-11,16-19,22-25,29-30,69-70H2,1-3H3,(H,71,88)(H,73,89)(H,74,81)(H,90,91)/b41-26-,42-28-/t33-,36?,37?,43?,44+,45+,46-,47?,48?,49-,50?,51-,52?,53+,54?,55?,56+,57?,58?,59?,63-,64+,65?,66+/m1/s1. The van der Waals surface area contributed by atoms with E-state index in [4.69, 9.17) is 49.4 Å². The van der Waals surface area contributed by atoms with Crippen molar-refractivity contribution in [2.45, 2.75) is 233 Å². The molecule has 4 bridgehead atoms. The van der Waals surface area contributed by atoms with Crippen molar-refractivity contribution in [3.63, 3.8) is 0 Å². The van der Waals surface area contributed by atoms with Crippen molar-refractivity contribution in [3.8, 4) is 0 Å². The zero-order valence-electron chi connectivity index (χ0n) is 56.0. The van der Waals surface area contributed by atoms with Gasteiger partial charge in [-0.3, -0.25) is 29.3 Å². The minimum Gasteiger partial charge on any atom is -0.479 e. The molecule has 4 aliphatic heterocycles. The number of nitrogens with zero attached hydrogens (tertiary/aromatic N) is 5. The predicted octanol–water partition coefficient (Wildman–Crippen LogP) is -0.618. The number of carboxylic acid groups (broad SMARTS) is 1. The highest BCUT2D eigenvalue weighted by molar-refractivity contribution is 5.79. The second-order valence-electron chi connectivity index (χ2n) is 27.3. The normalized spacial score (nSPS) is 36.0. The minimum atomic E-state index is -2.09. The summed E-state index contributed by atoms with van der Waals surface area (Å²) in [4.78, 5) is 66.9. The largest absolute Gasteiger partial charge is 0.479 e. The molecule has 3 aromatic rings. The number of hydroxylamine groups is 2. The summed E-state index contributed by atoms with van der Waals surface area (Å²) in [6.07, 6.45) is -16.6. The lowest BCUT2D eigenvalue weighted by molar-refractivity contribution is -0.420. The van der Waals surface area contributed by atoms with E-state index >= 15 is 0 Å². The van der Waals surface area contributed by atoms with E-state index in [0.29, 0.717) is 17.0 Å². The molecule has 0 spiro atoms. The lowest BCUT2D eigenvalue weighted by atomic mass is 9.75. The fraction of sp³-hybridized carbons (Fsp3) is 0.667. The van der Waals surface area contributed by atoms with E-state index in [9.17, 15) is 78.9 Å². The second kappa shape index (κ2) is 34.0. The maximum Gasteiger partial charge on any atom is 0.332 e. The summed E-state index contributed by atoms with van der Waals surface area (Å²) in [5.41, 5.74) is 13.0. The summed E-state index contributed by atoms with van der Waals surface area (Å²) in [7, 11) is 0. The Morgan fingerprint density at radius 3 is 2.20 bits per heavy atom. The highest BCUT2D eigenvalue weighted by Crippen LogP contribution is 2.43. The highest BCUT2D eigenvalue weighted by atomic mass is 19.1. The molecular formula is C66H93F2N11O22. The molecule has 7 aliphatic rings. The van der Waals surface area contributed by atoms with Crippen molar-refractivity contribution in [3.05, 3.63) is 100 Å². The minimum absolute atomic E-state index is 0.00798. The zero-order chi connectivity index (χ0) is 72.6. The van der Waals surface area contributed by atoms with Crippen LogP contribution in [0.2, 0.25) is 0 Å². The zero-order valence-corrected chi connectivity index (χ0v) is 56.0. The molecular weight excluding hydrogens is 1340 g/mol. The predicted molar refractivity (Wildman–Crippen MR) is 345 cm³/mol. The average Bonchev–Trinajstić information content (AvgIpc) is 0.914. The first kappa shape index (κ1) is 76.6. The molecule has 101 heavy (non-hydrogen) atoms.